The van der Waals surface area contributed by atoms with E-state index >= 15 is 0 Å². The summed E-state index contributed by atoms with van der Waals surface area (Å²) >= 11 is 11.9. The van der Waals surface area contributed by atoms with Gasteiger partial charge in [0, 0.05) is 27.4 Å². The van der Waals surface area contributed by atoms with Gasteiger partial charge in [0.25, 0.3) is 0 Å². The van der Waals surface area contributed by atoms with Gasteiger partial charge in [-0.3, -0.25) is 0 Å². The third-order valence-electron chi connectivity index (χ3n) is 1.80. The van der Waals surface area contributed by atoms with Crippen molar-refractivity contribution < 1.29 is 13.3 Å². The molecule has 0 fully saturated rings. The van der Waals surface area contributed by atoms with Crippen molar-refractivity contribution in [3.8, 4) is 0 Å². The maximum Gasteiger partial charge on any atom is 0.499 e. The van der Waals surface area contributed by atoms with E-state index in [-0.39, 0.29) is 0 Å². The zero-order valence-corrected chi connectivity index (χ0v) is 11.9. The Labute approximate surface area is 91.1 Å². The fraction of sp³-hybridized carbons (Fsp3) is 1.00. The number of rotatable bonds is 6. The first-order chi connectivity index (χ1) is 5.89. The molecule has 0 aromatic rings. The smallest absolute Gasteiger partial charge is 0.377 e. The third kappa shape index (κ3) is 5.36. The van der Waals surface area contributed by atoms with Crippen LogP contribution in [0.1, 0.15) is 0 Å². The van der Waals surface area contributed by atoms with Crippen LogP contribution in [0.2, 0.25) is 18.6 Å². The maximum atomic E-state index is 5.97. The molecule has 7 heteroatoms. The standard InChI is InChI=1S/C6H16Cl2O3Si2/c1-9-13(10-2,11-3)6-5-12(4,7)8/h5-6H2,1-4H3. The Bertz CT molecular complexity index is 139. The lowest BCUT2D eigenvalue weighted by molar-refractivity contribution is 0.125. The van der Waals surface area contributed by atoms with Crippen molar-refractivity contribution in [1.29, 1.82) is 0 Å². The molecule has 0 aliphatic carbocycles. The van der Waals surface area contributed by atoms with E-state index in [1.54, 1.807) is 21.3 Å². The molecule has 0 rings (SSSR count). The van der Waals surface area contributed by atoms with Crippen LogP contribution in [0.15, 0.2) is 0 Å². The highest BCUT2D eigenvalue weighted by atomic mass is 35.7. The van der Waals surface area contributed by atoms with E-state index in [1.165, 1.54) is 0 Å². The van der Waals surface area contributed by atoms with Crippen LogP contribution in [0.3, 0.4) is 0 Å². The molecular weight excluding hydrogens is 247 g/mol. The van der Waals surface area contributed by atoms with Gasteiger partial charge in [0.2, 0.25) is 6.69 Å². The number of hydrogen-bond acceptors (Lipinski definition) is 3. The first-order valence-corrected chi connectivity index (χ1v) is 10.6. The molecule has 13 heavy (non-hydrogen) atoms. The Kier molecular flexibility index (Phi) is 6.09. The molecular formula is C6H16Cl2O3Si2. The van der Waals surface area contributed by atoms with E-state index in [0.29, 0.717) is 6.04 Å². The second-order valence-electron chi connectivity index (χ2n) is 2.87. The first kappa shape index (κ1) is 13.9. The monoisotopic (exact) mass is 262 g/mol. The Morgan fingerprint density at radius 2 is 1.31 bits per heavy atom. The van der Waals surface area contributed by atoms with Crippen molar-refractivity contribution in [2.45, 2.75) is 18.6 Å². The van der Waals surface area contributed by atoms with Gasteiger partial charge >= 0.3 is 8.80 Å². The lowest BCUT2D eigenvalue weighted by atomic mass is 10.9. The van der Waals surface area contributed by atoms with Crippen LogP contribution in [0.4, 0.5) is 0 Å². The largest absolute Gasteiger partial charge is 0.499 e. The molecule has 0 saturated carbocycles. The lowest BCUT2D eigenvalue weighted by Gasteiger charge is -2.25. The summed E-state index contributed by atoms with van der Waals surface area (Å²) in [4.78, 5) is 0. The SMILES string of the molecule is CO[Si](CC[Si](C)(Cl)Cl)(OC)OC. The van der Waals surface area contributed by atoms with Gasteiger partial charge in [-0.2, -0.15) is 0 Å². The van der Waals surface area contributed by atoms with Gasteiger partial charge in [-0.25, -0.2) is 0 Å². The summed E-state index contributed by atoms with van der Waals surface area (Å²) in [6, 6.07) is 1.39. The van der Waals surface area contributed by atoms with Crippen LogP contribution in [-0.2, 0) is 13.3 Å². The topological polar surface area (TPSA) is 27.7 Å². The van der Waals surface area contributed by atoms with Gasteiger partial charge in [-0.05, 0) is 12.6 Å². The number of hydrogen-bond donors (Lipinski definition) is 0. The second-order valence-corrected chi connectivity index (χ2v) is 14.2. The maximum absolute atomic E-state index is 5.97. The van der Waals surface area contributed by atoms with Gasteiger partial charge in [0.05, 0.1) is 0 Å². The summed E-state index contributed by atoms with van der Waals surface area (Å²) in [5, 5.41) is 0. The molecule has 0 aromatic heterocycles. The molecule has 0 N–H and O–H groups in total. The normalized spacial score (nSPS) is 13.4. The molecule has 0 heterocycles. The zero-order valence-electron chi connectivity index (χ0n) is 8.39. The van der Waals surface area contributed by atoms with E-state index in [1.807, 2.05) is 6.55 Å². The summed E-state index contributed by atoms with van der Waals surface area (Å²) in [6.07, 6.45) is 0. The van der Waals surface area contributed by atoms with Crippen LogP contribution in [0.5, 0.6) is 0 Å². The van der Waals surface area contributed by atoms with Crippen LogP contribution < -0.4 is 0 Å². The summed E-state index contributed by atoms with van der Waals surface area (Å²) in [5.74, 6) is 0. The van der Waals surface area contributed by atoms with Crippen molar-refractivity contribution in [3.63, 3.8) is 0 Å². The molecule has 0 saturated heterocycles. The molecule has 0 aliphatic heterocycles. The van der Waals surface area contributed by atoms with Crippen molar-refractivity contribution in [2.24, 2.45) is 0 Å². The molecule has 0 aliphatic rings. The Morgan fingerprint density at radius 1 is 0.923 bits per heavy atom. The minimum Gasteiger partial charge on any atom is -0.377 e. The van der Waals surface area contributed by atoms with Crippen molar-refractivity contribution >= 4 is 37.7 Å². The van der Waals surface area contributed by atoms with Gasteiger partial charge in [0.1, 0.15) is 0 Å². The summed E-state index contributed by atoms with van der Waals surface area (Å²) in [6.45, 7) is -0.205. The molecule has 0 radical (unpaired) electrons. The van der Waals surface area contributed by atoms with E-state index in [4.69, 9.17) is 35.4 Å². The Balaban J connectivity index is 4.11. The average Bonchev–Trinajstić information content (AvgIpc) is 2.06. The van der Waals surface area contributed by atoms with Gasteiger partial charge < -0.3 is 13.3 Å². The van der Waals surface area contributed by atoms with Gasteiger partial charge in [-0.15, -0.1) is 22.2 Å². The van der Waals surface area contributed by atoms with Crippen LogP contribution in [0.25, 0.3) is 0 Å². The molecule has 0 unspecified atom stereocenters. The highest BCUT2D eigenvalue weighted by molar-refractivity contribution is 7.45. The predicted molar refractivity (Wildman–Crippen MR) is 59.7 cm³/mol. The van der Waals surface area contributed by atoms with E-state index in [0.717, 1.165) is 6.04 Å². The van der Waals surface area contributed by atoms with Crippen LogP contribution >= 0.6 is 22.2 Å². The highest BCUT2D eigenvalue weighted by Crippen LogP contribution is 2.26. The third-order valence-corrected chi connectivity index (χ3v) is 7.29. The van der Waals surface area contributed by atoms with Crippen molar-refractivity contribution in [3.05, 3.63) is 0 Å². The molecule has 0 spiro atoms. The van der Waals surface area contributed by atoms with Crippen LogP contribution in [0, 0.1) is 0 Å². The molecule has 0 bridgehead atoms. The first-order valence-electron chi connectivity index (χ1n) is 3.92. The fourth-order valence-electron chi connectivity index (χ4n) is 0.929. The number of halogens is 2. The summed E-state index contributed by atoms with van der Waals surface area (Å²) in [5.41, 5.74) is 0. The predicted octanol–water partition coefficient (Wildman–Crippen LogP) is 2.41. The zero-order chi connectivity index (χ0) is 10.5. The second kappa shape index (κ2) is 5.70. The molecule has 0 atom stereocenters. The van der Waals surface area contributed by atoms with Gasteiger partial charge in [0.15, 0.2) is 0 Å². The van der Waals surface area contributed by atoms with E-state index < -0.39 is 15.5 Å². The molecule has 0 amide bonds. The average molecular weight is 263 g/mol. The minimum atomic E-state index is -2.46. The molecule has 0 aromatic carbocycles. The Morgan fingerprint density at radius 3 is 1.54 bits per heavy atom. The van der Waals surface area contributed by atoms with Crippen LogP contribution in [-0.4, -0.2) is 36.8 Å². The van der Waals surface area contributed by atoms with Gasteiger partial charge in [-0.1, -0.05) is 0 Å². The molecule has 3 nitrogen and oxygen atoms in total. The summed E-state index contributed by atoms with van der Waals surface area (Å²) in [7, 11) is 2.29. The molecule has 80 valence electrons. The highest BCUT2D eigenvalue weighted by Gasteiger charge is 2.40. The minimum absolute atomic E-state index is 0.673. The summed E-state index contributed by atoms with van der Waals surface area (Å²) < 4.78 is 15.7. The Hall–Kier alpha value is 0.894. The van der Waals surface area contributed by atoms with E-state index in [2.05, 4.69) is 0 Å². The lowest BCUT2D eigenvalue weighted by Crippen LogP contribution is -2.43. The van der Waals surface area contributed by atoms with E-state index in [9.17, 15) is 0 Å². The fourth-order valence-corrected chi connectivity index (χ4v) is 6.72. The quantitative estimate of drug-likeness (QED) is 0.544. The van der Waals surface area contributed by atoms with Crippen molar-refractivity contribution in [2.75, 3.05) is 21.3 Å². The van der Waals surface area contributed by atoms with Crippen molar-refractivity contribution in [1.82, 2.24) is 0 Å².